The van der Waals surface area contributed by atoms with Gasteiger partial charge in [-0.2, -0.15) is 0 Å². The van der Waals surface area contributed by atoms with Crippen LogP contribution >= 0.6 is 0 Å². The Labute approximate surface area is 112 Å². The molecule has 1 aliphatic rings. The highest BCUT2D eigenvalue weighted by atomic mass is 16.5. The minimum atomic E-state index is 0.0381. The van der Waals surface area contributed by atoms with Gasteiger partial charge in [0.05, 0.1) is 12.2 Å². The Morgan fingerprint density at radius 1 is 1.37 bits per heavy atom. The van der Waals surface area contributed by atoms with Crippen molar-refractivity contribution in [1.82, 2.24) is 25.1 Å². The first-order valence-corrected chi connectivity index (χ1v) is 6.66. The highest BCUT2D eigenvalue weighted by molar-refractivity contribution is 5.76. The number of rotatable bonds is 3. The van der Waals surface area contributed by atoms with Crippen molar-refractivity contribution in [3.63, 3.8) is 0 Å². The second kappa shape index (κ2) is 5.64. The quantitative estimate of drug-likeness (QED) is 0.794. The van der Waals surface area contributed by atoms with Gasteiger partial charge in [0.25, 0.3) is 0 Å². The summed E-state index contributed by atoms with van der Waals surface area (Å²) in [6.07, 6.45) is 0.150. The lowest BCUT2D eigenvalue weighted by Gasteiger charge is -2.35. The Morgan fingerprint density at radius 2 is 2.00 bits per heavy atom. The van der Waals surface area contributed by atoms with Gasteiger partial charge < -0.3 is 9.64 Å². The molecule has 0 N–H and O–H groups in total. The maximum atomic E-state index is 12.3. The number of hydrogen-bond acceptors (Lipinski definition) is 5. The summed E-state index contributed by atoms with van der Waals surface area (Å²) in [6, 6.07) is 0. The predicted molar refractivity (Wildman–Crippen MR) is 68.5 cm³/mol. The first kappa shape index (κ1) is 13.9. The molecular formula is C12H21N5O2. The molecule has 0 unspecified atom stereocenters. The summed E-state index contributed by atoms with van der Waals surface area (Å²) in [4.78, 5) is 14.1. The van der Waals surface area contributed by atoms with Gasteiger partial charge in [-0.1, -0.05) is 13.8 Å². The zero-order valence-corrected chi connectivity index (χ0v) is 11.9. The molecular weight excluding hydrogens is 246 g/mol. The van der Waals surface area contributed by atoms with E-state index in [4.69, 9.17) is 4.74 Å². The van der Waals surface area contributed by atoms with E-state index >= 15 is 0 Å². The molecule has 1 aromatic rings. The second-order valence-electron chi connectivity index (χ2n) is 5.41. The molecule has 1 aromatic heterocycles. The summed E-state index contributed by atoms with van der Waals surface area (Å²) >= 11 is 0. The zero-order valence-electron chi connectivity index (χ0n) is 11.9. The van der Waals surface area contributed by atoms with Crippen LogP contribution in [0.3, 0.4) is 0 Å². The number of ether oxygens (including phenoxy) is 1. The van der Waals surface area contributed by atoms with E-state index in [1.165, 1.54) is 0 Å². The highest BCUT2D eigenvalue weighted by Crippen LogP contribution is 2.13. The van der Waals surface area contributed by atoms with Crippen molar-refractivity contribution in [2.45, 2.75) is 52.4 Å². The number of morpholine rings is 1. The van der Waals surface area contributed by atoms with Gasteiger partial charge >= 0.3 is 0 Å². The molecule has 1 aliphatic heterocycles. The Morgan fingerprint density at radius 3 is 2.58 bits per heavy atom. The van der Waals surface area contributed by atoms with Crippen LogP contribution in [0.5, 0.6) is 0 Å². The minimum Gasteiger partial charge on any atom is -0.372 e. The molecule has 106 valence electrons. The molecule has 1 fully saturated rings. The Kier molecular flexibility index (Phi) is 4.14. The van der Waals surface area contributed by atoms with Crippen LogP contribution in [0.2, 0.25) is 0 Å². The van der Waals surface area contributed by atoms with E-state index in [-0.39, 0.29) is 30.6 Å². The fraction of sp³-hybridized carbons (Fsp3) is 0.833. The van der Waals surface area contributed by atoms with E-state index in [0.717, 1.165) is 5.82 Å². The second-order valence-corrected chi connectivity index (χ2v) is 5.41. The molecule has 1 amide bonds. The molecule has 1 saturated heterocycles. The molecule has 0 spiro atoms. The van der Waals surface area contributed by atoms with Crippen LogP contribution in [-0.2, 0) is 16.1 Å². The van der Waals surface area contributed by atoms with Crippen LogP contribution in [-0.4, -0.2) is 56.3 Å². The lowest BCUT2D eigenvalue weighted by molar-refractivity contribution is -0.144. The van der Waals surface area contributed by atoms with Gasteiger partial charge in [-0.3, -0.25) is 4.79 Å². The third kappa shape index (κ3) is 3.28. The number of aromatic nitrogens is 4. The number of hydrogen-bond donors (Lipinski definition) is 0. The summed E-state index contributed by atoms with van der Waals surface area (Å²) in [5.74, 6) is 0.976. The monoisotopic (exact) mass is 267 g/mol. The molecule has 2 heterocycles. The van der Waals surface area contributed by atoms with Crippen LogP contribution in [0.15, 0.2) is 0 Å². The van der Waals surface area contributed by atoms with Crippen molar-refractivity contribution < 1.29 is 9.53 Å². The molecule has 0 aromatic carbocycles. The summed E-state index contributed by atoms with van der Waals surface area (Å²) in [7, 11) is 0. The van der Waals surface area contributed by atoms with Crippen molar-refractivity contribution in [1.29, 1.82) is 0 Å². The van der Waals surface area contributed by atoms with Gasteiger partial charge in [0.15, 0.2) is 5.82 Å². The standard InChI is InChI=1S/C12H21N5O2/c1-8(2)12-13-14-15-17(12)7-11(18)16-5-9(3)19-10(4)6-16/h8-10H,5-7H2,1-4H3/t9-,10+. The van der Waals surface area contributed by atoms with Gasteiger partial charge in [-0.25, -0.2) is 4.68 Å². The van der Waals surface area contributed by atoms with Crippen LogP contribution in [0.4, 0.5) is 0 Å². The molecule has 2 atom stereocenters. The van der Waals surface area contributed by atoms with Crippen LogP contribution in [0.25, 0.3) is 0 Å². The summed E-state index contributed by atoms with van der Waals surface area (Å²) in [6.45, 7) is 9.42. The number of nitrogens with zero attached hydrogens (tertiary/aromatic N) is 5. The van der Waals surface area contributed by atoms with E-state index in [0.29, 0.717) is 13.1 Å². The predicted octanol–water partition coefficient (Wildman–Crippen LogP) is 0.432. The van der Waals surface area contributed by atoms with Crippen molar-refractivity contribution in [2.24, 2.45) is 0 Å². The van der Waals surface area contributed by atoms with Crippen LogP contribution in [0.1, 0.15) is 39.4 Å². The fourth-order valence-electron chi connectivity index (χ4n) is 2.35. The number of carbonyl (C=O) groups excluding carboxylic acids is 1. The summed E-state index contributed by atoms with van der Waals surface area (Å²) in [5, 5.41) is 11.5. The first-order valence-electron chi connectivity index (χ1n) is 6.66. The molecule has 7 nitrogen and oxygen atoms in total. The van der Waals surface area contributed by atoms with Crippen molar-refractivity contribution in [3.8, 4) is 0 Å². The van der Waals surface area contributed by atoms with Gasteiger partial charge in [0.1, 0.15) is 6.54 Å². The molecule has 0 bridgehead atoms. The average molecular weight is 267 g/mol. The highest BCUT2D eigenvalue weighted by Gasteiger charge is 2.26. The van der Waals surface area contributed by atoms with Crippen molar-refractivity contribution in [3.05, 3.63) is 5.82 Å². The van der Waals surface area contributed by atoms with Crippen molar-refractivity contribution in [2.75, 3.05) is 13.1 Å². The average Bonchev–Trinajstić information content (AvgIpc) is 2.75. The molecule has 0 saturated carbocycles. The Balaban J connectivity index is 2.02. The maximum Gasteiger partial charge on any atom is 0.244 e. The van der Waals surface area contributed by atoms with Gasteiger partial charge in [-0.05, 0) is 24.3 Å². The molecule has 19 heavy (non-hydrogen) atoms. The first-order chi connectivity index (χ1) is 8.97. The molecule has 0 radical (unpaired) electrons. The lowest BCUT2D eigenvalue weighted by Crippen LogP contribution is -2.49. The van der Waals surface area contributed by atoms with Crippen LogP contribution < -0.4 is 0 Å². The number of tetrazole rings is 1. The fourth-order valence-corrected chi connectivity index (χ4v) is 2.35. The molecule has 2 rings (SSSR count). The van der Waals surface area contributed by atoms with E-state index in [9.17, 15) is 4.79 Å². The third-order valence-corrected chi connectivity index (χ3v) is 3.13. The Bertz CT molecular complexity index is 435. The summed E-state index contributed by atoms with van der Waals surface area (Å²) in [5.41, 5.74) is 0. The van der Waals surface area contributed by atoms with E-state index in [1.807, 2.05) is 32.6 Å². The SMILES string of the molecule is CC(C)c1nnnn1CC(=O)N1C[C@@H](C)O[C@@H](C)C1. The van der Waals surface area contributed by atoms with E-state index in [2.05, 4.69) is 15.5 Å². The molecule has 0 aliphatic carbocycles. The topological polar surface area (TPSA) is 73.1 Å². The number of carbonyl (C=O) groups is 1. The largest absolute Gasteiger partial charge is 0.372 e. The summed E-state index contributed by atoms with van der Waals surface area (Å²) < 4.78 is 7.20. The van der Waals surface area contributed by atoms with Gasteiger partial charge in [-0.15, -0.1) is 5.10 Å². The number of amides is 1. The van der Waals surface area contributed by atoms with Gasteiger partial charge in [0.2, 0.25) is 5.91 Å². The lowest BCUT2D eigenvalue weighted by atomic mass is 10.2. The maximum absolute atomic E-state index is 12.3. The van der Waals surface area contributed by atoms with Crippen LogP contribution in [0, 0.1) is 0 Å². The normalized spacial score (nSPS) is 23.9. The van der Waals surface area contributed by atoms with Gasteiger partial charge in [0, 0.05) is 19.0 Å². The Hall–Kier alpha value is -1.50. The van der Waals surface area contributed by atoms with Crippen molar-refractivity contribution >= 4 is 5.91 Å². The van der Waals surface area contributed by atoms with E-state index in [1.54, 1.807) is 4.68 Å². The third-order valence-electron chi connectivity index (χ3n) is 3.13. The van der Waals surface area contributed by atoms with E-state index < -0.39 is 0 Å². The molecule has 7 heteroatoms. The minimum absolute atomic E-state index is 0.0381. The smallest absolute Gasteiger partial charge is 0.244 e. The zero-order chi connectivity index (χ0) is 14.0.